The van der Waals surface area contributed by atoms with Crippen LogP contribution in [0.4, 0.5) is 34.1 Å². The van der Waals surface area contributed by atoms with Gasteiger partial charge in [-0.1, -0.05) is 18.2 Å². The molecule has 0 amide bonds. The van der Waals surface area contributed by atoms with E-state index in [-0.39, 0.29) is 55.7 Å². The molecule has 10 N–H and O–H groups in total. The molecule has 0 radical (unpaired) electrons. The summed E-state index contributed by atoms with van der Waals surface area (Å²) in [4.78, 5) is -1.17. The summed E-state index contributed by atoms with van der Waals surface area (Å²) in [6.45, 7) is 3.30. The van der Waals surface area contributed by atoms with Gasteiger partial charge in [-0.05, 0) is 101 Å². The van der Waals surface area contributed by atoms with Crippen molar-refractivity contribution in [1.82, 2.24) is 0 Å². The van der Waals surface area contributed by atoms with Crippen molar-refractivity contribution in [1.29, 1.82) is 0 Å². The number of nitrogens with two attached hydrogens (primary N) is 2. The van der Waals surface area contributed by atoms with E-state index in [4.69, 9.17) is 11.5 Å². The van der Waals surface area contributed by atoms with Crippen molar-refractivity contribution in [3.63, 3.8) is 0 Å². The number of fused-ring (bicyclic) bond motifs is 2. The van der Waals surface area contributed by atoms with E-state index in [1.54, 1.807) is 32.0 Å². The van der Waals surface area contributed by atoms with Crippen LogP contribution in [0, 0.1) is 13.8 Å². The Hall–Kier alpha value is -6.34. The molecule has 0 unspecified atom stereocenters. The lowest BCUT2D eigenvalue weighted by molar-refractivity contribution is 0.471. The highest BCUT2D eigenvalue weighted by Crippen LogP contribution is 2.46. The van der Waals surface area contributed by atoms with Crippen molar-refractivity contribution in [3.8, 4) is 34.1 Å². The average Bonchev–Trinajstić information content (AvgIpc) is 3.03. The maximum atomic E-state index is 12.2. The molecule has 6 rings (SSSR count). The number of nitrogens with zero attached hydrogens (tertiary/aromatic N) is 4. The van der Waals surface area contributed by atoms with E-state index in [9.17, 15) is 46.4 Å². The molecule has 0 spiro atoms. The Morgan fingerprint density at radius 1 is 0.558 bits per heavy atom. The first kappa shape index (κ1) is 35.5. The zero-order valence-electron chi connectivity index (χ0n) is 27.0. The largest absolute Gasteiger partial charge is 0.506 e. The van der Waals surface area contributed by atoms with Gasteiger partial charge < -0.3 is 31.9 Å². The lowest BCUT2D eigenvalue weighted by Crippen LogP contribution is -2.00. The Balaban J connectivity index is 1.29. The van der Waals surface area contributed by atoms with E-state index in [2.05, 4.69) is 20.5 Å². The monoisotopic (exact) mass is 744 g/mol. The second kappa shape index (κ2) is 12.8. The highest BCUT2D eigenvalue weighted by Gasteiger charge is 2.24. The molecular weight excluding hydrogens is 717 g/mol. The van der Waals surface area contributed by atoms with Gasteiger partial charge in [0.25, 0.3) is 20.2 Å². The van der Waals surface area contributed by atoms with Crippen LogP contribution in [-0.2, 0) is 20.2 Å². The number of aromatic hydroxyl groups is 4. The maximum absolute atomic E-state index is 12.2. The van der Waals surface area contributed by atoms with E-state index < -0.39 is 53.0 Å². The van der Waals surface area contributed by atoms with Gasteiger partial charge in [-0.25, -0.2) is 0 Å². The van der Waals surface area contributed by atoms with Gasteiger partial charge in [-0.2, -0.15) is 16.8 Å². The van der Waals surface area contributed by atoms with Crippen LogP contribution < -0.4 is 11.5 Å². The number of benzene rings is 6. The molecule has 266 valence electrons. The molecule has 0 aromatic heterocycles. The smallest absolute Gasteiger partial charge is 0.296 e. The van der Waals surface area contributed by atoms with Crippen LogP contribution >= 0.6 is 0 Å². The summed E-state index contributed by atoms with van der Waals surface area (Å²) in [5, 5.41) is 59.8. The van der Waals surface area contributed by atoms with Gasteiger partial charge >= 0.3 is 0 Å². The van der Waals surface area contributed by atoms with Crippen LogP contribution in [0.15, 0.2) is 103 Å². The number of anilines is 2. The zero-order valence-corrected chi connectivity index (χ0v) is 28.6. The molecule has 0 heterocycles. The Morgan fingerprint density at radius 3 is 1.58 bits per heavy atom. The average molecular weight is 745 g/mol. The Bertz CT molecular complexity index is 2790. The topological polar surface area (TPSA) is 291 Å². The zero-order chi connectivity index (χ0) is 37.9. The highest BCUT2D eigenvalue weighted by molar-refractivity contribution is 7.86. The van der Waals surface area contributed by atoms with E-state index in [1.165, 1.54) is 36.4 Å². The first-order valence-corrected chi connectivity index (χ1v) is 17.8. The minimum absolute atomic E-state index is 0.00348. The Labute approximate surface area is 295 Å². The number of phenols is 4. The summed E-state index contributed by atoms with van der Waals surface area (Å²) in [6, 6.07) is 16.4. The third-order valence-electron chi connectivity index (χ3n) is 8.08. The van der Waals surface area contributed by atoms with Gasteiger partial charge in [0.2, 0.25) is 0 Å². The highest BCUT2D eigenvalue weighted by atomic mass is 32.2. The van der Waals surface area contributed by atoms with Crippen molar-refractivity contribution < 1.29 is 46.4 Å². The molecule has 0 aliphatic rings. The lowest BCUT2D eigenvalue weighted by Gasteiger charge is -2.11. The van der Waals surface area contributed by atoms with Gasteiger partial charge in [0.1, 0.15) is 39.1 Å². The summed E-state index contributed by atoms with van der Waals surface area (Å²) in [5.74, 6) is -1.76. The number of azo groups is 2. The van der Waals surface area contributed by atoms with Crippen LogP contribution in [0.2, 0.25) is 0 Å². The molecule has 0 saturated heterocycles. The predicted molar refractivity (Wildman–Crippen MR) is 193 cm³/mol. The van der Waals surface area contributed by atoms with Gasteiger partial charge in [-0.3, -0.25) is 9.11 Å². The van der Waals surface area contributed by atoms with Crippen LogP contribution in [0.1, 0.15) is 11.1 Å². The second-order valence-electron chi connectivity index (χ2n) is 11.8. The van der Waals surface area contributed by atoms with Crippen molar-refractivity contribution >= 4 is 75.9 Å². The molecule has 16 nitrogen and oxygen atoms in total. The molecule has 52 heavy (non-hydrogen) atoms. The van der Waals surface area contributed by atoms with Crippen molar-refractivity contribution in [3.05, 3.63) is 83.9 Å². The normalized spacial score (nSPS) is 12.5. The van der Waals surface area contributed by atoms with E-state index in [0.717, 1.165) is 18.2 Å². The van der Waals surface area contributed by atoms with E-state index in [1.807, 2.05) is 0 Å². The number of nitrogen functional groups attached to an aromatic ring is 2. The fraction of sp³-hybridized carbons (Fsp3) is 0.0588. The van der Waals surface area contributed by atoms with Crippen LogP contribution in [0.3, 0.4) is 0 Å². The van der Waals surface area contributed by atoms with Gasteiger partial charge in [-0.15, -0.1) is 20.5 Å². The summed E-state index contributed by atoms with van der Waals surface area (Å²) < 4.78 is 66.8. The Morgan fingerprint density at radius 2 is 1.06 bits per heavy atom. The number of hydrogen-bond acceptors (Lipinski definition) is 14. The first-order chi connectivity index (χ1) is 24.3. The molecular formula is C34H28N6O10S2. The molecule has 0 fully saturated rings. The molecule has 0 bridgehead atoms. The van der Waals surface area contributed by atoms with Crippen LogP contribution in [-0.4, -0.2) is 46.4 Å². The molecule has 0 saturated carbocycles. The molecule has 18 heteroatoms. The molecule has 6 aromatic rings. The summed E-state index contributed by atoms with van der Waals surface area (Å²) >= 11 is 0. The van der Waals surface area contributed by atoms with Crippen molar-refractivity contribution in [2.45, 2.75) is 23.6 Å². The van der Waals surface area contributed by atoms with Crippen LogP contribution in [0.5, 0.6) is 23.0 Å². The van der Waals surface area contributed by atoms with Crippen molar-refractivity contribution in [2.75, 3.05) is 11.5 Å². The Kier molecular flexibility index (Phi) is 8.71. The van der Waals surface area contributed by atoms with Gasteiger partial charge in [0.15, 0.2) is 11.5 Å². The lowest BCUT2D eigenvalue weighted by atomic mass is 10.0. The third kappa shape index (κ3) is 6.61. The third-order valence-corrected chi connectivity index (χ3v) is 9.78. The SMILES string of the molecule is Cc1cc(N)c2c(O)c(N=Nc3ccc(-c4ccc(N=Nc5c(C)cc6cc(S(=O)(=O)O)cc(N)c6c5O)c(O)c4)cc3O)c(S(=O)(=O)O)cc2c1. The number of aryl methyl sites for hydroxylation is 2. The van der Waals surface area contributed by atoms with Gasteiger partial charge in [0, 0.05) is 22.1 Å². The standard InChI is InChI=1S/C34H28N6O10S2/c1-15-7-19-13-28(52(48,49)50)32(34(44)29(19)22(35)8-15)40-38-25-6-4-18(12-27(25)42)17-3-5-24(26(41)11-17)37-39-31-16(2)9-20-10-21(51(45,46)47)14-23(36)30(20)33(31)43/h3-14,41-44H,35-36H2,1-2H3,(H,45,46,47)(H,48,49,50). The minimum Gasteiger partial charge on any atom is -0.506 e. The van der Waals surface area contributed by atoms with Crippen molar-refractivity contribution in [2.24, 2.45) is 20.5 Å². The summed E-state index contributed by atoms with van der Waals surface area (Å²) in [5.41, 5.74) is 13.2. The molecule has 0 aliphatic heterocycles. The van der Waals surface area contributed by atoms with E-state index in [0.29, 0.717) is 22.3 Å². The maximum Gasteiger partial charge on any atom is 0.296 e. The molecule has 0 aliphatic carbocycles. The minimum atomic E-state index is -4.88. The fourth-order valence-corrected chi connectivity index (χ4v) is 6.89. The predicted octanol–water partition coefficient (Wildman–Crippen LogP) is 7.59. The fourth-order valence-electron chi connectivity index (χ4n) is 5.68. The molecule has 0 atom stereocenters. The number of phenolic OH excluding ortho intramolecular Hbond substituents is 4. The number of hydrogen-bond donors (Lipinski definition) is 8. The summed E-state index contributed by atoms with van der Waals surface area (Å²) in [6.07, 6.45) is 0. The first-order valence-electron chi connectivity index (χ1n) is 14.9. The summed E-state index contributed by atoms with van der Waals surface area (Å²) in [7, 11) is -9.43. The van der Waals surface area contributed by atoms with Gasteiger partial charge in [0.05, 0.1) is 4.90 Å². The molecule has 6 aromatic carbocycles. The van der Waals surface area contributed by atoms with E-state index >= 15 is 0 Å². The van der Waals surface area contributed by atoms with Crippen LogP contribution in [0.25, 0.3) is 32.7 Å². The quantitative estimate of drug-likeness (QED) is 0.0445. The second-order valence-corrected chi connectivity index (χ2v) is 14.6. The number of rotatable bonds is 7.